The van der Waals surface area contributed by atoms with E-state index in [1.54, 1.807) is 0 Å². The third-order valence-corrected chi connectivity index (χ3v) is 3.85. The zero-order valence-corrected chi connectivity index (χ0v) is 13.5. The van der Waals surface area contributed by atoms with Gasteiger partial charge in [-0.05, 0) is 13.3 Å². The molecule has 3 heteroatoms. The van der Waals surface area contributed by atoms with E-state index in [0.29, 0.717) is 25.3 Å². The first-order valence-electron chi connectivity index (χ1n) is 8.70. The predicted octanol–water partition coefficient (Wildman–Crippen LogP) is 5.09. The van der Waals surface area contributed by atoms with Crippen LogP contribution in [0.15, 0.2) is 4.99 Å². The van der Waals surface area contributed by atoms with E-state index < -0.39 is 0 Å². The Kier molecular flexibility index (Phi) is 10.4. The van der Waals surface area contributed by atoms with Gasteiger partial charge in [0.25, 0.3) is 0 Å². The third-order valence-electron chi connectivity index (χ3n) is 3.85. The summed E-state index contributed by atoms with van der Waals surface area (Å²) in [6.45, 7) is 5.59. The summed E-state index contributed by atoms with van der Waals surface area (Å²) in [5, 5.41) is 0. The molecule has 20 heavy (non-hydrogen) atoms. The number of unbranched alkanes of at least 4 members (excludes halogenated alkanes) is 9. The molecule has 0 amide bonds. The summed E-state index contributed by atoms with van der Waals surface area (Å²) in [6, 6.07) is 0.339. The second-order valence-electron chi connectivity index (χ2n) is 5.76. The van der Waals surface area contributed by atoms with Crippen LogP contribution < -0.4 is 0 Å². The van der Waals surface area contributed by atoms with Crippen molar-refractivity contribution < 1.29 is 9.47 Å². The van der Waals surface area contributed by atoms with E-state index in [2.05, 4.69) is 11.9 Å². The molecular weight excluding hydrogens is 250 g/mol. The molecule has 118 valence electrons. The van der Waals surface area contributed by atoms with Crippen LogP contribution >= 0.6 is 0 Å². The van der Waals surface area contributed by atoms with Gasteiger partial charge in [-0.3, -0.25) is 0 Å². The minimum atomic E-state index is 0.339. The Balaban J connectivity index is 1.83. The molecular formula is C17H33NO2. The number of hydrogen-bond acceptors (Lipinski definition) is 3. The van der Waals surface area contributed by atoms with Crippen LogP contribution in [0.1, 0.15) is 84.5 Å². The Bertz CT molecular complexity index is 253. The Hall–Kier alpha value is -0.730. The van der Waals surface area contributed by atoms with E-state index in [1.807, 2.05) is 6.92 Å². The monoisotopic (exact) mass is 283 g/mol. The highest BCUT2D eigenvalue weighted by atomic mass is 16.7. The standard InChI is InChI=1S/C17H33NO2/c1-3-5-6-7-8-9-10-11-12-13-14-16-15-20-17(18-16)19-4-2/h16H,3-15H2,1-2H3. The highest BCUT2D eigenvalue weighted by molar-refractivity contribution is 5.68. The van der Waals surface area contributed by atoms with Crippen molar-refractivity contribution in [2.24, 2.45) is 4.99 Å². The second-order valence-corrected chi connectivity index (χ2v) is 5.76. The summed E-state index contributed by atoms with van der Waals surface area (Å²) in [7, 11) is 0. The number of nitrogens with zero attached hydrogens (tertiary/aromatic N) is 1. The highest BCUT2D eigenvalue weighted by Crippen LogP contribution is 2.15. The summed E-state index contributed by atoms with van der Waals surface area (Å²) in [5.74, 6) is 0. The van der Waals surface area contributed by atoms with Gasteiger partial charge < -0.3 is 9.47 Å². The maximum atomic E-state index is 5.38. The molecule has 0 radical (unpaired) electrons. The molecule has 0 fully saturated rings. The van der Waals surface area contributed by atoms with Gasteiger partial charge in [-0.15, -0.1) is 0 Å². The summed E-state index contributed by atoms with van der Waals surface area (Å²) in [5.41, 5.74) is 0. The fraction of sp³-hybridized carbons (Fsp3) is 0.941. The Morgan fingerprint density at radius 3 is 2.15 bits per heavy atom. The lowest BCUT2D eigenvalue weighted by molar-refractivity contribution is 0.192. The lowest BCUT2D eigenvalue weighted by Crippen LogP contribution is -2.06. The molecule has 1 atom stereocenters. The van der Waals surface area contributed by atoms with Crippen molar-refractivity contribution in [2.45, 2.75) is 90.5 Å². The molecule has 0 aromatic carbocycles. The van der Waals surface area contributed by atoms with Crippen molar-refractivity contribution in [3.05, 3.63) is 0 Å². The number of hydrogen-bond donors (Lipinski definition) is 0. The molecule has 3 nitrogen and oxygen atoms in total. The van der Waals surface area contributed by atoms with E-state index in [9.17, 15) is 0 Å². The molecule has 0 bridgehead atoms. The van der Waals surface area contributed by atoms with E-state index in [4.69, 9.17) is 9.47 Å². The van der Waals surface area contributed by atoms with Gasteiger partial charge in [0.05, 0.1) is 12.6 Å². The summed E-state index contributed by atoms with van der Waals surface area (Å²) in [4.78, 5) is 4.43. The van der Waals surface area contributed by atoms with Gasteiger partial charge in [-0.25, -0.2) is 4.99 Å². The van der Waals surface area contributed by atoms with E-state index in [1.165, 1.54) is 64.2 Å². The Morgan fingerprint density at radius 2 is 1.55 bits per heavy atom. The van der Waals surface area contributed by atoms with Crippen LogP contribution in [-0.2, 0) is 9.47 Å². The van der Waals surface area contributed by atoms with Gasteiger partial charge in [0.15, 0.2) is 0 Å². The van der Waals surface area contributed by atoms with Gasteiger partial charge >= 0.3 is 6.08 Å². The lowest BCUT2D eigenvalue weighted by Gasteiger charge is -2.04. The van der Waals surface area contributed by atoms with Gasteiger partial charge in [0.1, 0.15) is 6.61 Å². The quantitative estimate of drug-likeness (QED) is 0.467. The van der Waals surface area contributed by atoms with Gasteiger partial charge in [-0.2, -0.15) is 0 Å². The maximum absolute atomic E-state index is 5.38. The minimum Gasteiger partial charge on any atom is -0.451 e. The van der Waals surface area contributed by atoms with Crippen LogP contribution in [0.25, 0.3) is 0 Å². The normalized spacial score (nSPS) is 17.9. The number of ether oxygens (including phenoxy) is 2. The largest absolute Gasteiger partial charge is 0.451 e. The van der Waals surface area contributed by atoms with Crippen LogP contribution in [0.2, 0.25) is 0 Å². The number of rotatable bonds is 12. The first-order chi connectivity index (χ1) is 9.86. The van der Waals surface area contributed by atoms with Crippen molar-refractivity contribution in [2.75, 3.05) is 13.2 Å². The average molecular weight is 283 g/mol. The Labute approximate surface area is 125 Å². The lowest BCUT2D eigenvalue weighted by atomic mass is 10.0. The molecule has 0 saturated carbocycles. The molecule has 0 N–H and O–H groups in total. The highest BCUT2D eigenvalue weighted by Gasteiger charge is 2.18. The van der Waals surface area contributed by atoms with Crippen molar-refractivity contribution in [1.29, 1.82) is 0 Å². The molecule has 1 rings (SSSR count). The molecule has 0 aromatic heterocycles. The maximum Gasteiger partial charge on any atom is 0.383 e. The average Bonchev–Trinajstić information content (AvgIpc) is 2.89. The molecule has 0 aromatic rings. The second kappa shape index (κ2) is 12.0. The first-order valence-corrected chi connectivity index (χ1v) is 8.70. The fourth-order valence-corrected chi connectivity index (χ4v) is 2.61. The fourth-order valence-electron chi connectivity index (χ4n) is 2.61. The van der Waals surface area contributed by atoms with Gasteiger partial charge in [-0.1, -0.05) is 71.1 Å². The molecule has 0 saturated heterocycles. The summed E-state index contributed by atoms with van der Waals surface area (Å²) >= 11 is 0. The third kappa shape index (κ3) is 8.44. The van der Waals surface area contributed by atoms with Crippen LogP contribution in [-0.4, -0.2) is 25.3 Å². The van der Waals surface area contributed by atoms with Crippen LogP contribution in [0.3, 0.4) is 0 Å². The van der Waals surface area contributed by atoms with Gasteiger partial charge in [0, 0.05) is 0 Å². The molecule has 0 spiro atoms. The zero-order valence-electron chi connectivity index (χ0n) is 13.5. The van der Waals surface area contributed by atoms with Crippen molar-refractivity contribution in [3.63, 3.8) is 0 Å². The molecule has 1 aliphatic rings. The van der Waals surface area contributed by atoms with Crippen molar-refractivity contribution in [1.82, 2.24) is 0 Å². The molecule has 1 heterocycles. The SMILES string of the molecule is CCCCCCCCCCCCC1COC(OCC)=N1. The van der Waals surface area contributed by atoms with Gasteiger partial charge in [0.2, 0.25) is 0 Å². The van der Waals surface area contributed by atoms with E-state index in [0.717, 1.165) is 6.42 Å². The minimum absolute atomic E-state index is 0.339. The van der Waals surface area contributed by atoms with Crippen molar-refractivity contribution in [3.8, 4) is 0 Å². The van der Waals surface area contributed by atoms with Crippen molar-refractivity contribution >= 4 is 6.08 Å². The summed E-state index contributed by atoms with van der Waals surface area (Å²) in [6.07, 6.45) is 15.5. The van der Waals surface area contributed by atoms with E-state index >= 15 is 0 Å². The Morgan fingerprint density at radius 1 is 0.950 bits per heavy atom. The molecule has 0 aliphatic carbocycles. The molecule has 1 aliphatic heterocycles. The van der Waals surface area contributed by atoms with Crippen LogP contribution in [0, 0.1) is 0 Å². The molecule has 1 unspecified atom stereocenters. The first kappa shape index (κ1) is 17.3. The smallest absolute Gasteiger partial charge is 0.383 e. The van der Waals surface area contributed by atoms with Crippen LogP contribution in [0.4, 0.5) is 0 Å². The number of aliphatic imine (C=N–C) groups is 1. The topological polar surface area (TPSA) is 30.8 Å². The van der Waals surface area contributed by atoms with Crippen LogP contribution in [0.5, 0.6) is 0 Å². The zero-order chi connectivity index (χ0) is 14.5. The predicted molar refractivity (Wildman–Crippen MR) is 85.3 cm³/mol. The van der Waals surface area contributed by atoms with E-state index in [-0.39, 0.29) is 0 Å². The summed E-state index contributed by atoms with van der Waals surface area (Å²) < 4.78 is 10.6.